The summed E-state index contributed by atoms with van der Waals surface area (Å²) in [5.74, 6) is 1.69. The smallest absolute Gasteiger partial charge is 0.243 e. The largest absolute Gasteiger partial charge is 0.376 e. The summed E-state index contributed by atoms with van der Waals surface area (Å²) in [4.78, 5) is 17.5. The van der Waals surface area contributed by atoms with Crippen molar-refractivity contribution in [3.8, 4) is 0 Å². The summed E-state index contributed by atoms with van der Waals surface area (Å²) >= 11 is 1.77. The lowest BCUT2D eigenvalue weighted by Gasteiger charge is -2.23. The highest BCUT2D eigenvalue weighted by molar-refractivity contribution is 14.0. The summed E-state index contributed by atoms with van der Waals surface area (Å²) in [5.41, 5.74) is 0. The molecule has 1 aliphatic heterocycles. The molecular weight excluding hydrogens is 415 g/mol. The molecule has 0 bridgehead atoms. The van der Waals surface area contributed by atoms with Crippen LogP contribution in [0.1, 0.15) is 19.3 Å². The van der Waals surface area contributed by atoms with Crippen molar-refractivity contribution in [2.45, 2.75) is 25.4 Å². The van der Waals surface area contributed by atoms with Crippen LogP contribution in [0, 0.1) is 0 Å². The van der Waals surface area contributed by atoms with E-state index in [9.17, 15) is 4.79 Å². The third-order valence-electron chi connectivity index (χ3n) is 3.24. The second-order valence-electron chi connectivity index (χ2n) is 5.24. The minimum absolute atomic E-state index is 0. The minimum Gasteiger partial charge on any atom is -0.376 e. The maximum atomic E-state index is 11.6. The SMILES string of the molecule is CSCCNC(=NCC(=O)N(C)C)NCC1CCCCO1.I. The Morgan fingerprint density at radius 2 is 2.14 bits per heavy atom. The second-order valence-corrected chi connectivity index (χ2v) is 6.23. The molecule has 1 saturated heterocycles. The number of rotatable bonds is 7. The van der Waals surface area contributed by atoms with Crippen molar-refractivity contribution in [2.24, 2.45) is 4.99 Å². The number of nitrogens with zero attached hydrogens (tertiary/aromatic N) is 2. The van der Waals surface area contributed by atoms with Crippen LogP contribution in [0.15, 0.2) is 4.99 Å². The molecule has 22 heavy (non-hydrogen) atoms. The molecule has 130 valence electrons. The fraction of sp³-hybridized carbons (Fsp3) is 0.857. The third-order valence-corrected chi connectivity index (χ3v) is 3.85. The van der Waals surface area contributed by atoms with Gasteiger partial charge in [0, 0.05) is 39.5 Å². The number of likely N-dealkylation sites (N-methyl/N-ethyl adjacent to an activating group) is 1. The van der Waals surface area contributed by atoms with Gasteiger partial charge >= 0.3 is 0 Å². The van der Waals surface area contributed by atoms with Crippen LogP contribution in [0.2, 0.25) is 0 Å². The number of hydrogen-bond acceptors (Lipinski definition) is 4. The summed E-state index contributed by atoms with van der Waals surface area (Å²) in [5, 5.41) is 6.52. The Bertz CT molecular complexity index is 337. The lowest BCUT2D eigenvalue weighted by Crippen LogP contribution is -2.43. The Morgan fingerprint density at radius 3 is 2.73 bits per heavy atom. The van der Waals surface area contributed by atoms with Gasteiger partial charge in [-0.15, -0.1) is 24.0 Å². The van der Waals surface area contributed by atoms with Crippen molar-refractivity contribution in [2.75, 3.05) is 52.3 Å². The molecule has 0 spiro atoms. The second kappa shape index (κ2) is 13.2. The predicted molar refractivity (Wildman–Crippen MR) is 104 cm³/mol. The molecule has 1 atom stereocenters. The summed E-state index contributed by atoms with van der Waals surface area (Å²) in [6.07, 6.45) is 5.77. The predicted octanol–water partition coefficient (Wildman–Crippen LogP) is 1.16. The highest BCUT2D eigenvalue weighted by Crippen LogP contribution is 2.11. The quantitative estimate of drug-likeness (QED) is 0.267. The summed E-state index contributed by atoms with van der Waals surface area (Å²) < 4.78 is 5.69. The van der Waals surface area contributed by atoms with E-state index >= 15 is 0 Å². The zero-order chi connectivity index (χ0) is 15.5. The summed E-state index contributed by atoms with van der Waals surface area (Å²) in [6, 6.07) is 0. The van der Waals surface area contributed by atoms with Crippen LogP contribution in [-0.2, 0) is 9.53 Å². The zero-order valence-electron chi connectivity index (χ0n) is 13.8. The van der Waals surface area contributed by atoms with Crippen LogP contribution in [0.25, 0.3) is 0 Å². The molecule has 0 aromatic heterocycles. The molecule has 1 rings (SSSR count). The van der Waals surface area contributed by atoms with Gasteiger partial charge in [-0.2, -0.15) is 11.8 Å². The maximum absolute atomic E-state index is 11.6. The number of ether oxygens (including phenoxy) is 1. The van der Waals surface area contributed by atoms with Gasteiger partial charge in [0.2, 0.25) is 5.91 Å². The molecule has 2 N–H and O–H groups in total. The third kappa shape index (κ3) is 9.73. The molecular formula is C14H29IN4O2S. The van der Waals surface area contributed by atoms with E-state index in [0.29, 0.717) is 5.96 Å². The van der Waals surface area contributed by atoms with Gasteiger partial charge < -0.3 is 20.3 Å². The zero-order valence-corrected chi connectivity index (χ0v) is 16.9. The average Bonchev–Trinajstić information content (AvgIpc) is 2.50. The number of aliphatic imine (C=N–C) groups is 1. The normalized spacial score (nSPS) is 18.3. The van der Waals surface area contributed by atoms with Crippen LogP contribution in [-0.4, -0.2) is 75.2 Å². The van der Waals surface area contributed by atoms with E-state index in [1.807, 2.05) is 0 Å². The van der Waals surface area contributed by atoms with E-state index in [4.69, 9.17) is 4.74 Å². The lowest BCUT2D eigenvalue weighted by molar-refractivity contribution is -0.127. The van der Waals surface area contributed by atoms with Gasteiger partial charge in [0.25, 0.3) is 0 Å². The van der Waals surface area contributed by atoms with Gasteiger partial charge in [0.15, 0.2) is 5.96 Å². The first kappa shape index (κ1) is 21.8. The molecule has 0 radical (unpaired) electrons. The molecule has 1 fully saturated rings. The van der Waals surface area contributed by atoms with Gasteiger partial charge in [0.05, 0.1) is 6.10 Å². The van der Waals surface area contributed by atoms with Crippen molar-refractivity contribution < 1.29 is 9.53 Å². The Kier molecular flexibility index (Phi) is 13.1. The van der Waals surface area contributed by atoms with Crippen LogP contribution < -0.4 is 10.6 Å². The fourth-order valence-electron chi connectivity index (χ4n) is 1.91. The first-order valence-electron chi connectivity index (χ1n) is 7.46. The molecule has 0 aromatic carbocycles. The van der Waals surface area contributed by atoms with Crippen molar-refractivity contribution in [1.82, 2.24) is 15.5 Å². The summed E-state index contributed by atoms with van der Waals surface area (Å²) in [7, 11) is 3.48. The molecule has 1 heterocycles. The number of hydrogen-bond donors (Lipinski definition) is 2. The van der Waals surface area contributed by atoms with Crippen LogP contribution in [0.5, 0.6) is 0 Å². The number of carbonyl (C=O) groups excluding carboxylic acids is 1. The highest BCUT2D eigenvalue weighted by atomic mass is 127. The van der Waals surface area contributed by atoms with E-state index in [-0.39, 0.29) is 42.5 Å². The molecule has 1 aliphatic rings. The molecule has 0 aromatic rings. The molecule has 0 saturated carbocycles. The van der Waals surface area contributed by atoms with Crippen LogP contribution in [0.3, 0.4) is 0 Å². The van der Waals surface area contributed by atoms with E-state index < -0.39 is 0 Å². The number of carbonyl (C=O) groups is 1. The van der Waals surface area contributed by atoms with Gasteiger partial charge in [-0.1, -0.05) is 0 Å². The Balaban J connectivity index is 0.00000441. The maximum Gasteiger partial charge on any atom is 0.243 e. The first-order valence-corrected chi connectivity index (χ1v) is 8.85. The van der Waals surface area contributed by atoms with Crippen molar-refractivity contribution in [1.29, 1.82) is 0 Å². The van der Waals surface area contributed by atoms with Gasteiger partial charge in [-0.3, -0.25) is 4.79 Å². The number of amides is 1. The molecule has 1 amide bonds. The van der Waals surface area contributed by atoms with E-state index in [2.05, 4.69) is 21.9 Å². The highest BCUT2D eigenvalue weighted by Gasteiger charge is 2.14. The number of thioether (sulfide) groups is 1. The van der Waals surface area contributed by atoms with Crippen molar-refractivity contribution in [3.63, 3.8) is 0 Å². The van der Waals surface area contributed by atoms with Gasteiger partial charge in [-0.25, -0.2) is 4.99 Å². The molecule has 1 unspecified atom stereocenters. The van der Waals surface area contributed by atoms with E-state index in [1.54, 1.807) is 30.8 Å². The number of nitrogens with one attached hydrogen (secondary N) is 2. The standard InChI is InChI=1S/C14H28N4O2S.HI/c1-18(2)13(19)11-17-14(15-7-9-21-3)16-10-12-6-4-5-8-20-12;/h12H,4-11H2,1-3H3,(H2,15,16,17);1H. The van der Waals surface area contributed by atoms with E-state index in [1.165, 1.54) is 6.42 Å². The molecule has 0 aliphatic carbocycles. The molecule has 8 heteroatoms. The summed E-state index contributed by atoms with van der Waals surface area (Å²) in [6.45, 7) is 2.57. The Labute approximate surface area is 155 Å². The topological polar surface area (TPSA) is 66.0 Å². The van der Waals surface area contributed by atoms with Crippen LogP contribution >= 0.6 is 35.7 Å². The van der Waals surface area contributed by atoms with Crippen molar-refractivity contribution >= 4 is 47.6 Å². The molecule has 6 nitrogen and oxygen atoms in total. The average molecular weight is 444 g/mol. The van der Waals surface area contributed by atoms with Gasteiger partial charge in [0.1, 0.15) is 6.54 Å². The van der Waals surface area contributed by atoms with E-state index in [0.717, 1.165) is 38.3 Å². The van der Waals surface area contributed by atoms with Crippen LogP contribution in [0.4, 0.5) is 0 Å². The Hall–Kier alpha value is -0.220. The number of guanidine groups is 1. The van der Waals surface area contributed by atoms with Gasteiger partial charge in [-0.05, 0) is 25.5 Å². The first-order chi connectivity index (χ1) is 10.1. The fourth-order valence-corrected chi connectivity index (χ4v) is 2.22. The monoisotopic (exact) mass is 444 g/mol. The Morgan fingerprint density at radius 1 is 1.36 bits per heavy atom. The lowest BCUT2D eigenvalue weighted by atomic mass is 10.1. The van der Waals surface area contributed by atoms with Crippen molar-refractivity contribution in [3.05, 3.63) is 0 Å². The number of halogens is 1. The minimum atomic E-state index is -0.00474.